The molecule has 2 aromatic carbocycles. The molecule has 0 spiro atoms. The molecular formula is C16H14FN3. The number of fused-ring (bicyclic) bond motifs is 1. The summed E-state index contributed by atoms with van der Waals surface area (Å²) >= 11 is 0. The number of halogens is 1. The molecule has 0 aliphatic rings. The van der Waals surface area contributed by atoms with E-state index in [2.05, 4.69) is 10.4 Å². The normalized spacial score (nSPS) is 12.5. The van der Waals surface area contributed by atoms with Gasteiger partial charge in [0, 0.05) is 17.8 Å². The van der Waals surface area contributed by atoms with E-state index < -0.39 is 0 Å². The first kappa shape index (κ1) is 12.7. The highest BCUT2D eigenvalue weighted by atomic mass is 19.1. The number of nitrogens with one attached hydrogen (secondary N) is 1. The minimum absolute atomic E-state index is 0.193. The van der Waals surface area contributed by atoms with E-state index in [4.69, 9.17) is 5.84 Å². The molecule has 1 unspecified atom stereocenters. The number of pyridine rings is 1. The van der Waals surface area contributed by atoms with Gasteiger partial charge in [-0.15, -0.1) is 0 Å². The summed E-state index contributed by atoms with van der Waals surface area (Å²) in [4.78, 5) is 4.12. The summed E-state index contributed by atoms with van der Waals surface area (Å²) in [6.07, 6.45) is 3.57. The summed E-state index contributed by atoms with van der Waals surface area (Å²) in [5, 5.41) is 2.13. The van der Waals surface area contributed by atoms with Crippen molar-refractivity contribution >= 4 is 10.8 Å². The lowest BCUT2D eigenvalue weighted by Crippen LogP contribution is -2.29. The van der Waals surface area contributed by atoms with Crippen LogP contribution in [0.3, 0.4) is 0 Å². The molecule has 0 saturated heterocycles. The first-order chi connectivity index (χ1) is 9.79. The van der Waals surface area contributed by atoms with Crippen LogP contribution < -0.4 is 11.3 Å². The van der Waals surface area contributed by atoms with Crippen LogP contribution in [-0.4, -0.2) is 4.98 Å². The quantitative estimate of drug-likeness (QED) is 0.566. The predicted octanol–water partition coefficient (Wildman–Crippen LogP) is 2.93. The van der Waals surface area contributed by atoms with Crippen molar-refractivity contribution in [2.24, 2.45) is 5.84 Å². The van der Waals surface area contributed by atoms with E-state index in [9.17, 15) is 4.39 Å². The maximum Gasteiger partial charge on any atom is 0.123 e. The van der Waals surface area contributed by atoms with Gasteiger partial charge < -0.3 is 0 Å². The Labute approximate surface area is 116 Å². The maximum absolute atomic E-state index is 13.0. The molecular weight excluding hydrogens is 253 g/mol. The zero-order valence-electron chi connectivity index (χ0n) is 10.8. The predicted molar refractivity (Wildman–Crippen MR) is 77.3 cm³/mol. The SMILES string of the molecule is NNC(c1ccc(F)cc1)c1cccc2cnccc12. The largest absolute Gasteiger partial charge is 0.271 e. The van der Waals surface area contributed by atoms with Crippen LogP contribution in [0.25, 0.3) is 10.8 Å². The Morgan fingerprint density at radius 1 is 1.05 bits per heavy atom. The summed E-state index contributed by atoms with van der Waals surface area (Å²) < 4.78 is 13.0. The Hall–Kier alpha value is -2.30. The highest BCUT2D eigenvalue weighted by Gasteiger charge is 2.15. The van der Waals surface area contributed by atoms with E-state index in [0.717, 1.165) is 21.9 Å². The minimum atomic E-state index is -0.258. The molecule has 0 aliphatic heterocycles. The van der Waals surface area contributed by atoms with Crippen molar-refractivity contribution in [1.29, 1.82) is 0 Å². The molecule has 0 amide bonds. The van der Waals surface area contributed by atoms with Crippen LogP contribution in [-0.2, 0) is 0 Å². The number of hydrazine groups is 1. The van der Waals surface area contributed by atoms with E-state index in [1.54, 1.807) is 18.3 Å². The van der Waals surface area contributed by atoms with Gasteiger partial charge in [-0.2, -0.15) is 0 Å². The topological polar surface area (TPSA) is 50.9 Å². The van der Waals surface area contributed by atoms with Crippen molar-refractivity contribution in [3.8, 4) is 0 Å². The lowest BCUT2D eigenvalue weighted by molar-refractivity contribution is 0.617. The number of aromatic nitrogens is 1. The van der Waals surface area contributed by atoms with Gasteiger partial charge in [-0.25, -0.2) is 9.82 Å². The minimum Gasteiger partial charge on any atom is -0.271 e. The van der Waals surface area contributed by atoms with Crippen molar-refractivity contribution in [3.63, 3.8) is 0 Å². The van der Waals surface area contributed by atoms with Gasteiger partial charge in [0.15, 0.2) is 0 Å². The molecule has 4 heteroatoms. The van der Waals surface area contributed by atoms with Crippen molar-refractivity contribution < 1.29 is 4.39 Å². The lowest BCUT2D eigenvalue weighted by atomic mass is 9.95. The molecule has 20 heavy (non-hydrogen) atoms. The van der Waals surface area contributed by atoms with Crippen molar-refractivity contribution in [2.75, 3.05) is 0 Å². The van der Waals surface area contributed by atoms with Gasteiger partial charge in [-0.3, -0.25) is 10.8 Å². The third-order valence-electron chi connectivity index (χ3n) is 3.40. The first-order valence-electron chi connectivity index (χ1n) is 6.34. The number of nitrogens with two attached hydrogens (primary N) is 1. The van der Waals surface area contributed by atoms with E-state index in [1.165, 1.54) is 12.1 Å². The van der Waals surface area contributed by atoms with Gasteiger partial charge in [0.25, 0.3) is 0 Å². The first-order valence-corrected chi connectivity index (χ1v) is 6.34. The van der Waals surface area contributed by atoms with E-state index in [-0.39, 0.29) is 11.9 Å². The molecule has 3 N–H and O–H groups in total. The molecule has 100 valence electrons. The fourth-order valence-electron chi connectivity index (χ4n) is 2.42. The highest BCUT2D eigenvalue weighted by molar-refractivity contribution is 5.85. The summed E-state index contributed by atoms with van der Waals surface area (Å²) in [5.41, 5.74) is 4.76. The van der Waals surface area contributed by atoms with Gasteiger partial charge in [0.1, 0.15) is 5.82 Å². The zero-order chi connectivity index (χ0) is 13.9. The van der Waals surface area contributed by atoms with Gasteiger partial charge >= 0.3 is 0 Å². The standard InChI is InChI=1S/C16H14FN3/c17-13-6-4-11(5-7-13)16(20-18)15-3-1-2-12-10-19-9-8-14(12)15/h1-10,16,20H,18H2. The second-order valence-corrected chi connectivity index (χ2v) is 4.60. The van der Waals surface area contributed by atoms with Crippen LogP contribution in [0.5, 0.6) is 0 Å². The van der Waals surface area contributed by atoms with Gasteiger partial charge in [-0.1, -0.05) is 30.3 Å². The fraction of sp³-hybridized carbons (Fsp3) is 0.0625. The Morgan fingerprint density at radius 3 is 2.60 bits per heavy atom. The second-order valence-electron chi connectivity index (χ2n) is 4.60. The van der Waals surface area contributed by atoms with E-state index in [0.29, 0.717) is 0 Å². The van der Waals surface area contributed by atoms with E-state index in [1.807, 2.05) is 30.5 Å². The van der Waals surface area contributed by atoms with E-state index >= 15 is 0 Å². The van der Waals surface area contributed by atoms with Crippen LogP contribution in [0.4, 0.5) is 4.39 Å². The van der Waals surface area contributed by atoms with Crippen molar-refractivity contribution in [2.45, 2.75) is 6.04 Å². The van der Waals surface area contributed by atoms with Gasteiger partial charge in [0.05, 0.1) is 6.04 Å². The maximum atomic E-state index is 13.0. The average molecular weight is 267 g/mol. The Morgan fingerprint density at radius 2 is 1.85 bits per heavy atom. The van der Waals surface area contributed by atoms with Crippen LogP contribution >= 0.6 is 0 Å². The molecule has 0 bridgehead atoms. The summed E-state index contributed by atoms with van der Waals surface area (Å²) in [6.45, 7) is 0. The Bertz CT molecular complexity index is 720. The van der Waals surface area contributed by atoms with Crippen LogP contribution in [0.2, 0.25) is 0 Å². The number of benzene rings is 2. The fourth-order valence-corrected chi connectivity index (χ4v) is 2.42. The molecule has 0 saturated carbocycles. The smallest absolute Gasteiger partial charge is 0.123 e. The number of hydrogen-bond acceptors (Lipinski definition) is 3. The molecule has 3 aromatic rings. The molecule has 1 aromatic heterocycles. The lowest BCUT2D eigenvalue weighted by Gasteiger charge is -2.18. The number of nitrogens with zero attached hydrogens (tertiary/aromatic N) is 1. The molecule has 0 aliphatic carbocycles. The molecule has 0 radical (unpaired) electrons. The second kappa shape index (κ2) is 5.36. The average Bonchev–Trinajstić information content (AvgIpc) is 2.50. The third-order valence-corrected chi connectivity index (χ3v) is 3.40. The van der Waals surface area contributed by atoms with Gasteiger partial charge in [-0.05, 0) is 34.7 Å². The monoisotopic (exact) mass is 267 g/mol. The van der Waals surface area contributed by atoms with Crippen LogP contribution in [0, 0.1) is 5.82 Å². The molecule has 1 heterocycles. The summed E-state index contributed by atoms with van der Waals surface area (Å²) in [6, 6.07) is 14.1. The zero-order valence-corrected chi connectivity index (χ0v) is 10.8. The molecule has 3 nitrogen and oxygen atoms in total. The van der Waals surface area contributed by atoms with Crippen molar-refractivity contribution in [1.82, 2.24) is 10.4 Å². The number of rotatable bonds is 3. The Balaban J connectivity index is 2.14. The Kier molecular flexibility index (Phi) is 3.41. The van der Waals surface area contributed by atoms with Gasteiger partial charge in [0.2, 0.25) is 0 Å². The molecule has 3 rings (SSSR count). The third kappa shape index (κ3) is 2.27. The van der Waals surface area contributed by atoms with Crippen LogP contribution in [0.1, 0.15) is 17.2 Å². The summed E-state index contributed by atoms with van der Waals surface area (Å²) in [7, 11) is 0. The molecule has 1 atom stereocenters. The summed E-state index contributed by atoms with van der Waals surface area (Å²) in [5.74, 6) is 5.45. The van der Waals surface area contributed by atoms with Crippen LogP contribution in [0.15, 0.2) is 60.9 Å². The molecule has 0 fully saturated rings. The van der Waals surface area contributed by atoms with Crippen molar-refractivity contribution in [3.05, 3.63) is 77.9 Å². The number of hydrogen-bond donors (Lipinski definition) is 2. The highest BCUT2D eigenvalue weighted by Crippen LogP contribution is 2.28.